The topological polar surface area (TPSA) is 94.7 Å². The highest BCUT2D eigenvalue weighted by Crippen LogP contribution is 2.20. The third-order valence-corrected chi connectivity index (χ3v) is 5.52. The molecule has 2 aromatic heterocycles. The summed E-state index contributed by atoms with van der Waals surface area (Å²) in [7, 11) is -2.09. The summed E-state index contributed by atoms with van der Waals surface area (Å²) in [4.78, 5) is 4.20. The SMILES string of the molecule is Cc1ccc(Cn2cnc(NS(=O)(=O)c3c(C)nn(C)c3C)n2)cc1. The van der Waals surface area contributed by atoms with Crippen LogP contribution in [0.1, 0.15) is 22.5 Å². The largest absolute Gasteiger partial charge is 0.271 e. The first-order valence-electron chi connectivity index (χ1n) is 7.74. The van der Waals surface area contributed by atoms with Crippen molar-refractivity contribution in [3.8, 4) is 0 Å². The van der Waals surface area contributed by atoms with E-state index in [1.165, 1.54) is 16.6 Å². The molecule has 25 heavy (non-hydrogen) atoms. The molecule has 3 rings (SSSR count). The van der Waals surface area contributed by atoms with E-state index < -0.39 is 10.0 Å². The van der Waals surface area contributed by atoms with Gasteiger partial charge in [-0.2, -0.15) is 10.1 Å². The third-order valence-electron chi connectivity index (χ3n) is 3.94. The van der Waals surface area contributed by atoms with Crippen LogP contribution in [0.25, 0.3) is 0 Å². The zero-order valence-electron chi connectivity index (χ0n) is 14.6. The number of hydrogen-bond acceptors (Lipinski definition) is 5. The second-order valence-corrected chi connectivity index (χ2v) is 7.60. The molecule has 0 saturated heterocycles. The van der Waals surface area contributed by atoms with E-state index >= 15 is 0 Å². The van der Waals surface area contributed by atoms with Crippen molar-refractivity contribution in [1.82, 2.24) is 24.5 Å². The molecule has 1 aromatic carbocycles. The van der Waals surface area contributed by atoms with Crippen LogP contribution in [-0.4, -0.2) is 33.0 Å². The number of nitrogens with one attached hydrogen (secondary N) is 1. The van der Waals surface area contributed by atoms with Gasteiger partial charge in [0.25, 0.3) is 16.0 Å². The Morgan fingerprint density at radius 3 is 2.36 bits per heavy atom. The van der Waals surface area contributed by atoms with Crippen LogP contribution >= 0.6 is 0 Å². The summed E-state index contributed by atoms with van der Waals surface area (Å²) < 4.78 is 30.8. The van der Waals surface area contributed by atoms with Gasteiger partial charge >= 0.3 is 0 Å². The van der Waals surface area contributed by atoms with Crippen LogP contribution in [0.15, 0.2) is 35.5 Å². The fourth-order valence-electron chi connectivity index (χ4n) is 2.61. The highest BCUT2D eigenvalue weighted by molar-refractivity contribution is 7.92. The minimum atomic E-state index is -3.79. The molecular weight excluding hydrogens is 340 g/mol. The lowest BCUT2D eigenvalue weighted by Crippen LogP contribution is -2.16. The van der Waals surface area contributed by atoms with Gasteiger partial charge in [-0.3, -0.25) is 4.68 Å². The van der Waals surface area contributed by atoms with E-state index in [0.717, 1.165) is 5.56 Å². The molecule has 0 radical (unpaired) electrons. The summed E-state index contributed by atoms with van der Waals surface area (Å²) in [6, 6.07) is 8.04. The van der Waals surface area contributed by atoms with Gasteiger partial charge in [0, 0.05) is 7.05 Å². The maximum atomic E-state index is 12.6. The molecule has 0 atom stereocenters. The molecule has 0 fully saturated rings. The monoisotopic (exact) mass is 360 g/mol. The average Bonchev–Trinajstić information content (AvgIpc) is 3.05. The molecule has 0 aliphatic heterocycles. The van der Waals surface area contributed by atoms with E-state index in [2.05, 4.69) is 19.9 Å². The van der Waals surface area contributed by atoms with Crippen molar-refractivity contribution in [2.75, 3.05) is 4.72 Å². The zero-order valence-corrected chi connectivity index (χ0v) is 15.4. The average molecular weight is 360 g/mol. The van der Waals surface area contributed by atoms with Gasteiger partial charge in [-0.25, -0.2) is 17.8 Å². The predicted molar refractivity (Wildman–Crippen MR) is 93.8 cm³/mol. The smallest absolute Gasteiger partial charge is 0.267 e. The Bertz CT molecular complexity index is 1000. The minimum Gasteiger partial charge on any atom is -0.271 e. The van der Waals surface area contributed by atoms with Crippen LogP contribution in [0.2, 0.25) is 0 Å². The quantitative estimate of drug-likeness (QED) is 0.748. The molecule has 0 amide bonds. The first kappa shape index (κ1) is 17.2. The second kappa shape index (κ2) is 6.32. The molecule has 132 valence electrons. The van der Waals surface area contributed by atoms with E-state index in [0.29, 0.717) is 17.9 Å². The zero-order chi connectivity index (χ0) is 18.2. The third kappa shape index (κ3) is 3.55. The first-order valence-corrected chi connectivity index (χ1v) is 9.22. The van der Waals surface area contributed by atoms with Gasteiger partial charge in [-0.05, 0) is 26.3 Å². The summed E-state index contributed by atoms with van der Waals surface area (Å²) >= 11 is 0. The molecule has 8 nitrogen and oxygen atoms in total. The first-order chi connectivity index (χ1) is 11.8. The molecule has 1 N–H and O–H groups in total. The molecule has 9 heteroatoms. The van der Waals surface area contributed by atoms with Crippen LogP contribution in [0.3, 0.4) is 0 Å². The number of sulfonamides is 1. The van der Waals surface area contributed by atoms with Crippen LogP contribution in [0.5, 0.6) is 0 Å². The fraction of sp³-hybridized carbons (Fsp3) is 0.312. The van der Waals surface area contributed by atoms with Crippen molar-refractivity contribution in [1.29, 1.82) is 0 Å². The normalized spacial score (nSPS) is 11.7. The maximum absolute atomic E-state index is 12.6. The highest BCUT2D eigenvalue weighted by atomic mass is 32.2. The molecule has 0 unspecified atom stereocenters. The van der Waals surface area contributed by atoms with Gasteiger partial charge in [0.05, 0.1) is 17.9 Å². The fourth-order valence-corrected chi connectivity index (χ4v) is 4.00. The van der Waals surface area contributed by atoms with Gasteiger partial charge in [0.2, 0.25) is 0 Å². The van der Waals surface area contributed by atoms with Gasteiger partial charge in [0.15, 0.2) is 0 Å². The number of nitrogens with zero attached hydrogens (tertiary/aromatic N) is 5. The van der Waals surface area contributed by atoms with Crippen LogP contribution < -0.4 is 4.72 Å². The van der Waals surface area contributed by atoms with Crippen LogP contribution in [0.4, 0.5) is 5.95 Å². The number of hydrogen-bond donors (Lipinski definition) is 1. The maximum Gasteiger partial charge on any atom is 0.267 e. The summed E-state index contributed by atoms with van der Waals surface area (Å²) in [6.45, 7) is 5.90. The Kier molecular flexibility index (Phi) is 4.34. The Balaban J connectivity index is 1.79. The van der Waals surface area contributed by atoms with Crippen molar-refractivity contribution in [3.63, 3.8) is 0 Å². The van der Waals surface area contributed by atoms with Gasteiger partial charge in [-0.1, -0.05) is 29.8 Å². The number of aryl methyl sites for hydroxylation is 3. The van der Waals surface area contributed by atoms with Crippen molar-refractivity contribution < 1.29 is 8.42 Å². The lowest BCUT2D eigenvalue weighted by molar-refractivity contribution is 0.599. The van der Waals surface area contributed by atoms with Crippen LogP contribution in [0, 0.1) is 20.8 Å². The van der Waals surface area contributed by atoms with E-state index in [1.54, 1.807) is 25.6 Å². The van der Waals surface area contributed by atoms with Crippen molar-refractivity contribution >= 4 is 16.0 Å². The Hall–Kier alpha value is -2.68. The lowest BCUT2D eigenvalue weighted by atomic mass is 10.1. The molecule has 0 bridgehead atoms. The Labute approximate surface area is 146 Å². The predicted octanol–water partition coefficient (Wildman–Crippen LogP) is 1.79. The molecular formula is C16H20N6O2S. The van der Waals surface area contributed by atoms with Crippen molar-refractivity contribution in [3.05, 3.63) is 53.1 Å². The second-order valence-electron chi connectivity index (χ2n) is 5.98. The lowest BCUT2D eigenvalue weighted by Gasteiger charge is -2.05. The Morgan fingerprint density at radius 1 is 1.08 bits per heavy atom. The van der Waals surface area contributed by atoms with E-state index in [4.69, 9.17) is 0 Å². The van der Waals surface area contributed by atoms with E-state index in [1.807, 2.05) is 31.2 Å². The summed E-state index contributed by atoms with van der Waals surface area (Å²) in [6.07, 6.45) is 1.50. The van der Waals surface area contributed by atoms with Gasteiger partial charge in [0.1, 0.15) is 11.2 Å². The van der Waals surface area contributed by atoms with E-state index in [9.17, 15) is 8.42 Å². The molecule has 0 aliphatic rings. The summed E-state index contributed by atoms with van der Waals surface area (Å²) in [5.74, 6) is 0.0368. The van der Waals surface area contributed by atoms with Gasteiger partial charge in [-0.15, -0.1) is 5.10 Å². The number of anilines is 1. The standard InChI is InChI=1S/C16H20N6O2S/c1-11-5-7-14(8-6-11)9-22-10-17-16(19-22)20-25(23,24)15-12(2)18-21(4)13(15)3/h5-8,10H,9H2,1-4H3,(H,19,20). The minimum absolute atomic E-state index is 0.0368. The van der Waals surface area contributed by atoms with Crippen molar-refractivity contribution in [2.24, 2.45) is 7.05 Å². The van der Waals surface area contributed by atoms with Crippen LogP contribution in [-0.2, 0) is 23.6 Å². The molecule has 3 aromatic rings. The number of benzene rings is 1. The van der Waals surface area contributed by atoms with Gasteiger partial charge < -0.3 is 0 Å². The van der Waals surface area contributed by atoms with E-state index in [-0.39, 0.29) is 10.8 Å². The summed E-state index contributed by atoms with van der Waals surface area (Å²) in [5, 5.41) is 8.33. The molecule has 0 spiro atoms. The number of aromatic nitrogens is 5. The molecule has 2 heterocycles. The van der Waals surface area contributed by atoms with Crippen molar-refractivity contribution in [2.45, 2.75) is 32.2 Å². The molecule has 0 saturated carbocycles. The highest BCUT2D eigenvalue weighted by Gasteiger charge is 2.25. The summed E-state index contributed by atoms with van der Waals surface area (Å²) in [5.41, 5.74) is 3.23. The number of rotatable bonds is 5. The Morgan fingerprint density at radius 2 is 1.76 bits per heavy atom. The molecule has 0 aliphatic carbocycles.